The highest BCUT2D eigenvalue weighted by molar-refractivity contribution is 7.89. The minimum absolute atomic E-state index is 0.0742. The molecule has 0 heterocycles. The molecule has 0 bridgehead atoms. The van der Waals surface area contributed by atoms with Crippen molar-refractivity contribution in [3.05, 3.63) is 54.1 Å². The van der Waals surface area contributed by atoms with Crippen LogP contribution in [0, 0.1) is 0 Å². The zero-order chi connectivity index (χ0) is 23.8. The third kappa shape index (κ3) is 7.28. The molecule has 2 aromatic rings. The first-order chi connectivity index (χ1) is 15.1. The van der Waals surface area contributed by atoms with Gasteiger partial charge in [-0.2, -0.15) is 0 Å². The van der Waals surface area contributed by atoms with Gasteiger partial charge in [-0.05, 0) is 42.0 Å². The number of hydrogen-bond donors (Lipinski definition) is 2. The van der Waals surface area contributed by atoms with Crippen LogP contribution in [0.1, 0.15) is 5.56 Å². The predicted molar refractivity (Wildman–Crippen MR) is 118 cm³/mol. The fourth-order valence-electron chi connectivity index (χ4n) is 2.47. The summed E-state index contributed by atoms with van der Waals surface area (Å²) < 4.78 is 62.1. The van der Waals surface area contributed by atoms with Gasteiger partial charge in [0.1, 0.15) is 5.75 Å². The number of ether oxygens (including phenoxy) is 2. The third-order valence-electron chi connectivity index (χ3n) is 4.29. The van der Waals surface area contributed by atoms with Gasteiger partial charge in [0.05, 0.1) is 16.4 Å². The maximum Gasteiger partial charge on any atom is 0.258 e. The van der Waals surface area contributed by atoms with E-state index in [0.29, 0.717) is 5.75 Å². The molecule has 0 aliphatic rings. The van der Waals surface area contributed by atoms with Crippen molar-refractivity contribution in [2.75, 3.05) is 41.0 Å². The van der Waals surface area contributed by atoms with Crippen LogP contribution < -0.4 is 14.8 Å². The lowest BCUT2D eigenvalue weighted by atomic mass is 10.2. The molecule has 0 aromatic heterocycles. The summed E-state index contributed by atoms with van der Waals surface area (Å²) in [6.07, 6.45) is 0. The number of rotatable bonds is 12. The summed E-state index contributed by atoms with van der Waals surface area (Å²) in [4.78, 5) is 12.3. The van der Waals surface area contributed by atoms with Crippen molar-refractivity contribution in [2.24, 2.45) is 0 Å². The average molecular weight is 486 g/mol. The Morgan fingerprint density at radius 3 is 2.09 bits per heavy atom. The fourth-order valence-corrected chi connectivity index (χ4v) is 4.38. The topological polar surface area (TPSA) is 131 Å². The van der Waals surface area contributed by atoms with E-state index in [4.69, 9.17) is 9.47 Å². The lowest BCUT2D eigenvalue weighted by molar-refractivity contribution is -0.123. The summed E-state index contributed by atoms with van der Waals surface area (Å²) in [5.74, 6) is -0.0397. The molecule has 2 N–H and O–H groups in total. The van der Waals surface area contributed by atoms with Crippen molar-refractivity contribution in [3.63, 3.8) is 0 Å². The zero-order valence-electron chi connectivity index (χ0n) is 18.1. The molecule has 32 heavy (non-hydrogen) atoms. The molecule has 176 valence electrons. The van der Waals surface area contributed by atoms with Gasteiger partial charge in [-0.15, -0.1) is 0 Å². The molecular weight excluding hydrogens is 458 g/mol. The van der Waals surface area contributed by atoms with Gasteiger partial charge in [0.2, 0.25) is 20.0 Å². The summed E-state index contributed by atoms with van der Waals surface area (Å²) >= 11 is 0. The molecule has 1 amide bonds. The highest BCUT2D eigenvalue weighted by Crippen LogP contribution is 2.16. The molecule has 0 aliphatic carbocycles. The Labute approximate surface area is 188 Å². The number of carbonyl (C=O) groups is 1. The molecule has 0 aliphatic heterocycles. The first kappa shape index (κ1) is 25.7. The number of amides is 1. The molecule has 2 rings (SSSR count). The number of methoxy groups -OCH3 is 1. The molecule has 0 unspecified atom stereocenters. The van der Waals surface area contributed by atoms with Crippen LogP contribution in [0.15, 0.2) is 58.3 Å². The molecule has 0 saturated carbocycles. The molecular formula is C20H27N3O7S2. The molecule has 0 radical (unpaired) electrons. The van der Waals surface area contributed by atoms with Gasteiger partial charge in [-0.3, -0.25) is 4.79 Å². The molecule has 10 nitrogen and oxygen atoms in total. The Balaban J connectivity index is 1.83. The SMILES string of the molecule is COCCNS(=O)(=O)c1ccc(OCC(=O)NCc2ccc(S(=O)(=O)N(C)C)cc2)cc1. The normalized spacial score (nSPS) is 12.0. The van der Waals surface area contributed by atoms with Gasteiger partial charge >= 0.3 is 0 Å². The first-order valence-corrected chi connectivity index (χ1v) is 12.5. The van der Waals surface area contributed by atoms with E-state index in [0.717, 1.165) is 9.87 Å². The van der Waals surface area contributed by atoms with E-state index in [1.54, 1.807) is 12.1 Å². The van der Waals surface area contributed by atoms with Gasteiger partial charge in [-0.1, -0.05) is 12.1 Å². The molecule has 0 fully saturated rings. The van der Waals surface area contributed by atoms with Crippen molar-refractivity contribution >= 4 is 26.0 Å². The lowest BCUT2D eigenvalue weighted by Crippen LogP contribution is -2.28. The minimum atomic E-state index is -3.64. The predicted octanol–water partition coefficient (Wildman–Crippen LogP) is 0.557. The first-order valence-electron chi connectivity index (χ1n) is 9.56. The van der Waals surface area contributed by atoms with Crippen molar-refractivity contribution < 1.29 is 31.1 Å². The van der Waals surface area contributed by atoms with Crippen LogP contribution in [0.4, 0.5) is 0 Å². The summed E-state index contributed by atoms with van der Waals surface area (Å²) in [5.41, 5.74) is 0.728. The number of hydrogen-bond acceptors (Lipinski definition) is 7. The minimum Gasteiger partial charge on any atom is -0.484 e. The van der Waals surface area contributed by atoms with Gasteiger partial charge < -0.3 is 14.8 Å². The number of nitrogens with zero attached hydrogens (tertiary/aromatic N) is 1. The summed E-state index contributed by atoms with van der Waals surface area (Å²) in [5, 5.41) is 2.67. The largest absolute Gasteiger partial charge is 0.484 e. The van der Waals surface area contributed by atoms with E-state index in [1.165, 1.54) is 57.6 Å². The van der Waals surface area contributed by atoms with Crippen LogP contribution in [0.3, 0.4) is 0 Å². The van der Waals surface area contributed by atoms with E-state index in [-0.39, 0.29) is 42.0 Å². The van der Waals surface area contributed by atoms with Crippen LogP contribution in [0.2, 0.25) is 0 Å². The second kappa shape index (κ2) is 11.4. The quantitative estimate of drug-likeness (QED) is 0.420. The van der Waals surface area contributed by atoms with E-state index in [9.17, 15) is 21.6 Å². The average Bonchev–Trinajstić information content (AvgIpc) is 2.77. The Kier molecular flexibility index (Phi) is 9.16. The Morgan fingerprint density at radius 1 is 0.938 bits per heavy atom. The van der Waals surface area contributed by atoms with Crippen LogP contribution in [-0.4, -0.2) is 68.0 Å². The van der Waals surface area contributed by atoms with Gasteiger partial charge in [-0.25, -0.2) is 25.9 Å². The Morgan fingerprint density at radius 2 is 1.53 bits per heavy atom. The van der Waals surface area contributed by atoms with E-state index >= 15 is 0 Å². The Bertz CT molecular complexity index is 1100. The molecule has 0 saturated heterocycles. The molecule has 0 atom stereocenters. The van der Waals surface area contributed by atoms with Gasteiger partial charge in [0.15, 0.2) is 6.61 Å². The molecule has 0 spiro atoms. The molecule has 2 aromatic carbocycles. The number of benzene rings is 2. The second-order valence-corrected chi connectivity index (χ2v) is 10.8. The molecule has 12 heteroatoms. The van der Waals surface area contributed by atoms with Crippen molar-refractivity contribution in [2.45, 2.75) is 16.3 Å². The van der Waals surface area contributed by atoms with Gasteiger partial charge in [0.25, 0.3) is 5.91 Å². The number of nitrogens with one attached hydrogen (secondary N) is 2. The highest BCUT2D eigenvalue weighted by atomic mass is 32.2. The Hall–Kier alpha value is -2.51. The summed E-state index contributed by atoms with van der Waals surface area (Å²) in [6, 6.07) is 11.9. The van der Waals surface area contributed by atoms with Gasteiger partial charge in [0, 0.05) is 34.3 Å². The fraction of sp³-hybridized carbons (Fsp3) is 0.350. The maximum atomic E-state index is 12.1. The maximum absolute atomic E-state index is 12.1. The standard InChI is InChI=1S/C20H27N3O7S2/c1-23(2)32(27,28)19-8-4-16(5-9-19)14-21-20(24)15-30-17-6-10-18(11-7-17)31(25,26)22-12-13-29-3/h4-11,22H,12-15H2,1-3H3,(H,21,24). The van der Waals surface area contributed by atoms with E-state index < -0.39 is 20.0 Å². The third-order valence-corrected chi connectivity index (χ3v) is 7.60. The number of sulfonamides is 2. The van der Waals surface area contributed by atoms with Crippen molar-refractivity contribution in [1.29, 1.82) is 0 Å². The summed E-state index contributed by atoms with van der Waals surface area (Å²) in [6.45, 7) is 0.362. The zero-order valence-corrected chi connectivity index (χ0v) is 19.7. The smallest absolute Gasteiger partial charge is 0.258 e. The lowest BCUT2D eigenvalue weighted by Gasteiger charge is -2.12. The van der Waals surface area contributed by atoms with E-state index in [2.05, 4.69) is 10.0 Å². The summed E-state index contributed by atoms with van der Waals surface area (Å²) in [7, 11) is -2.76. The van der Waals surface area contributed by atoms with Crippen LogP contribution in [-0.2, 0) is 36.1 Å². The second-order valence-electron chi connectivity index (χ2n) is 6.86. The highest BCUT2D eigenvalue weighted by Gasteiger charge is 2.16. The monoisotopic (exact) mass is 485 g/mol. The van der Waals surface area contributed by atoms with Crippen LogP contribution in [0.5, 0.6) is 5.75 Å². The van der Waals surface area contributed by atoms with Crippen molar-refractivity contribution in [1.82, 2.24) is 14.3 Å². The van der Waals surface area contributed by atoms with Crippen LogP contribution in [0.25, 0.3) is 0 Å². The number of carbonyl (C=O) groups excluding carboxylic acids is 1. The van der Waals surface area contributed by atoms with Crippen LogP contribution >= 0.6 is 0 Å². The van der Waals surface area contributed by atoms with Crippen molar-refractivity contribution in [3.8, 4) is 5.75 Å². The van der Waals surface area contributed by atoms with E-state index in [1.807, 2.05) is 0 Å².